The van der Waals surface area contributed by atoms with Gasteiger partial charge < -0.3 is 73.1 Å². The van der Waals surface area contributed by atoms with Gasteiger partial charge in [0.15, 0.2) is 17.5 Å². The SMILES string of the molecule is CC(C)C[C@H](NC(=O)[C@H](CC(=O)O)CC(=O)CNC(=O)[C@@H]1CCCN1c1c(NCCCC(C(=O)O)N2CCN(CC=O)CCN(CC(=O)O)CCN(CC(=O)O)CC2)c(=O)c1=O)C(=O)C[C@@H](CO)C(=O)N[C@@H](CCCN=C(N)N)C(=O)O. The Kier molecular flexibility index (Phi) is 29.1. The minimum Gasteiger partial charge on any atom is -0.481 e. The number of nitrogens with zero attached hydrogens (tertiary/aromatic N) is 6. The molecule has 2 saturated heterocycles. The summed E-state index contributed by atoms with van der Waals surface area (Å²) < 4.78 is 0. The summed E-state index contributed by atoms with van der Waals surface area (Å²) in [7, 11) is 0. The molecule has 2 aliphatic rings. The summed E-state index contributed by atoms with van der Waals surface area (Å²) >= 11 is 0. The highest BCUT2D eigenvalue weighted by Crippen LogP contribution is 2.29. The molecular weight excluding hydrogens is 1080 g/mol. The fourth-order valence-electron chi connectivity index (χ4n) is 9.77. The molecule has 0 bridgehead atoms. The minimum absolute atomic E-state index is 0.000184. The molecule has 2 fully saturated rings. The number of aldehydes is 1. The number of aliphatic hydroxyl groups is 1. The van der Waals surface area contributed by atoms with E-state index in [2.05, 4.69) is 26.3 Å². The molecule has 6 atom stereocenters. The first-order valence-electron chi connectivity index (χ1n) is 27.1. The average molecular weight is 1170 g/mol. The van der Waals surface area contributed by atoms with Crippen molar-refractivity contribution in [2.45, 2.75) is 102 Å². The summed E-state index contributed by atoms with van der Waals surface area (Å²) in [5.74, 6) is -13.9. The number of carboxylic acids is 5. The van der Waals surface area contributed by atoms with E-state index in [0.717, 1.165) is 0 Å². The zero-order valence-electron chi connectivity index (χ0n) is 46.3. The van der Waals surface area contributed by atoms with Crippen molar-refractivity contribution in [2.75, 3.05) is 115 Å². The van der Waals surface area contributed by atoms with Gasteiger partial charge in [-0.1, -0.05) is 13.8 Å². The summed E-state index contributed by atoms with van der Waals surface area (Å²) in [5.41, 5.74) is 8.62. The van der Waals surface area contributed by atoms with Crippen LogP contribution < -0.4 is 48.5 Å². The van der Waals surface area contributed by atoms with Crippen molar-refractivity contribution >= 4 is 82.8 Å². The lowest BCUT2D eigenvalue weighted by molar-refractivity contribution is -0.144. The Hall–Kier alpha value is -7.48. The maximum Gasteiger partial charge on any atom is 0.326 e. The lowest BCUT2D eigenvalue weighted by atomic mass is 9.91. The number of guanidine groups is 1. The number of aliphatic hydroxyl groups excluding tert-OH is 1. The summed E-state index contributed by atoms with van der Waals surface area (Å²) in [6.45, 7) is 2.89. The molecule has 3 rings (SSSR count). The minimum atomic E-state index is -1.55. The number of carbonyl (C=O) groups is 11. The first-order chi connectivity index (χ1) is 38.8. The van der Waals surface area contributed by atoms with Crippen LogP contribution in [0, 0.1) is 17.8 Å². The molecule has 0 saturated carbocycles. The molecule has 0 radical (unpaired) electrons. The molecule has 1 unspecified atom stereocenters. The van der Waals surface area contributed by atoms with E-state index in [1.807, 2.05) is 0 Å². The van der Waals surface area contributed by atoms with Crippen molar-refractivity contribution in [2.24, 2.45) is 34.2 Å². The number of ketones is 2. The van der Waals surface area contributed by atoms with Gasteiger partial charge in [-0.25, -0.2) is 4.79 Å². The number of anilines is 2. The van der Waals surface area contributed by atoms with Crippen molar-refractivity contribution in [3.8, 4) is 0 Å². The summed E-state index contributed by atoms with van der Waals surface area (Å²) in [4.78, 5) is 176. The van der Waals surface area contributed by atoms with Gasteiger partial charge in [-0.3, -0.25) is 77.3 Å². The van der Waals surface area contributed by atoms with Crippen molar-refractivity contribution in [1.29, 1.82) is 0 Å². The maximum absolute atomic E-state index is 13.6. The van der Waals surface area contributed by atoms with E-state index in [9.17, 15) is 93.0 Å². The Morgan fingerprint density at radius 3 is 1.83 bits per heavy atom. The van der Waals surface area contributed by atoms with Crippen LogP contribution in [0.5, 0.6) is 0 Å². The van der Waals surface area contributed by atoms with Crippen LogP contribution in [0.2, 0.25) is 0 Å². The predicted molar refractivity (Wildman–Crippen MR) is 293 cm³/mol. The summed E-state index contributed by atoms with van der Waals surface area (Å²) in [6, 6.07) is -4.90. The second-order valence-electron chi connectivity index (χ2n) is 20.8. The van der Waals surface area contributed by atoms with Crippen molar-refractivity contribution < 1.29 is 83.4 Å². The molecule has 2 aliphatic heterocycles. The van der Waals surface area contributed by atoms with Crippen LogP contribution >= 0.6 is 0 Å². The topological polar surface area (TPSA) is 472 Å². The summed E-state index contributed by atoms with van der Waals surface area (Å²) in [5, 5.41) is 68.9. The molecule has 82 heavy (non-hydrogen) atoms. The van der Waals surface area contributed by atoms with Gasteiger partial charge in [-0.15, -0.1) is 0 Å². The van der Waals surface area contributed by atoms with E-state index >= 15 is 0 Å². The van der Waals surface area contributed by atoms with Crippen LogP contribution in [-0.2, 0) is 52.7 Å². The van der Waals surface area contributed by atoms with Gasteiger partial charge in [0.1, 0.15) is 35.8 Å². The molecule has 3 amide bonds. The first kappa shape index (κ1) is 68.8. The van der Waals surface area contributed by atoms with Crippen LogP contribution in [0.15, 0.2) is 14.6 Å². The average Bonchev–Trinajstić information content (AvgIpc) is 4.00. The number of amides is 3. The van der Waals surface area contributed by atoms with Gasteiger partial charge in [0.25, 0.3) is 10.9 Å². The third-order valence-corrected chi connectivity index (χ3v) is 14.1. The van der Waals surface area contributed by atoms with E-state index in [1.165, 1.54) is 4.90 Å². The van der Waals surface area contributed by atoms with Crippen LogP contribution in [-0.4, -0.2) is 251 Å². The molecule has 14 N–H and O–H groups in total. The van der Waals surface area contributed by atoms with E-state index in [4.69, 9.17) is 11.5 Å². The predicted octanol–water partition coefficient (Wildman–Crippen LogP) is -4.63. The second kappa shape index (κ2) is 34.7. The molecule has 31 heteroatoms. The molecule has 458 valence electrons. The second-order valence-corrected chi connectivity index (χ2v) is 20.8. The first-order valence-corrected chi connectivity index (χ1v) is 27.1. The lowest BCUT2D eigenvalue weighted by Crippen LogP contribution is -2.51. The van der Waals surface area contributed by atoms with Gasteiger partial charge in [0, 0.05) is 84.8 Å². The molecule has 31 nitrogen and oxygen atoms in total. The Morgan fingerprint density at radius 2 is 1.28 bits per heavy atom. The van der Waals surface area contributed by atoms with E-state index < -0.39 is 138 Å². The third kappa shape index (κ3) is 23.2. The number of aliphatic carboxylic acids is 5. The highest BCUT2D eigenvalue weighted by Gasteiger charge is 2.38. The number of hydrogen-bond acceptors (Lipinski definition) is 21. The van der Waals surface area contributed by atoms with Crippen molar-refractivity contribution in [1.82, 2.24) is 35.6 Å². The molecule has 0 aliphatic carbocycles. The number of aliphatic imine (C=N–C) groups is 1. The van der Waals surface area contributed by atoms with Gasteiger partial charge in [-0.2, -0.15) is 0 Å². The van der Waals surface area contributed by atoms with E-state index in [1.54, 1.807) is 33.4 Å². The number of nitrogens with two attached hydrogens (primary N) is 2. The van der Waals surface area contributed by atoms with Crippen molar-refractivity contribution in [3.63, 3.8) is 0 Å². The zero-order chi connectivity index (χ0) is 61.2. The smallest absolute Gasteiger partial charge is 0.326 e. The Morgan fingerprint density at radius 1 is 0.695 bits per heavy atom. The number of carbonyl (C=O) groups excluding carboxylic acids is 6. The normalized spacial score (nSPS) is 17.9. The molecule has 0 aromatic heterocycles. The molecule has 2 heterocycles. The van der Waals surface area contributed by atoms with E-state index in [-0.39, 0.29) is 153 Å². The third-order valence-electron chi connectivity index (χ3n) is 14.1. The number of rotatable bonds is 36. The maximum atomic E-state index is 13.6. The lowest BCUT2D eigenvalue weighted by Gasteiger charge is -2.35. The standard InChI is InChI=1S/C51H80N12O19/c1-30(2)22-35(38(67)24-32(29-65)47(77)57-34(49(79)80)6-3-10-55-51(52)53)58-46(76)31(25-39(68)69)23-33(66)26-56-48(78)36-8-5-11-63(36)43-42(44(74)45(43)75)54-9-4-7-37(50(81)82)62-18-16-59(20-21-64)12-13-60(27-40(70)71)14-15-61(17-19-62)28-41(72)73/h21,30-32,34-37,54,65H,3-20,22-29H2,1-2H3,(H,56,78)(H,57,77)(H,58,76)(H,68,69)(H,70,71)(H,72,73)(H,79,80)(H,81,82)(H4,52,53,55)/t31-,32-,34-,35-,36-,37?/m0/s1. The Balaban J connectivity index is 1.66. The molecule has 0 spiro atoms. The summed E-state index contributed by atoms with van der Waals surface area (Å²) in [6.07, 6.45) is -0.727. The zero-order valence-corrected chi connectivity index (χ0v) is 46.3. The van der Waals surface area contributed by atoms with Gasteiger partial charge >= 0.3 is 29.8 Å². The monoisotopic (exact) mass is 1160 g/mol. The Labute approximate surface area is 472 Å². The van der Waals surface area contributed by atoms with Crippen LogP contribution in [0.1, 0.15) is 78.1 Å². The van der Waals surface area contributed by atoms with Crippen molar-refractivity contribution in [3.05, 3.63) is 20.4 Å². The van der Waals surface area contributed by atoms with Crippen LogP contribution in [0.25, 0.3) is 0 Å². The largest absolute Gasteiger partial charge is 0.481 e. The number of nitrogens with one attached hydrogen (secondary N) is 4. The van der Waals surface area contributed by atoms with E-state index in [0.29, 0.717) is 12.7 Å². The van der Waals surface area contributed by atoms with Gasteiger partial charge in [0.05, 0.1) is 57.1 Å². The van der Waals surface area contributed by atoms with Gasteiger partial charge in [-0.05, 0) is 50.9 Å². The highest BCUT2D eigenvalue weighted by atomic mass is 16.4. The molecular formula is C51H80N12O19. The quantitative estimate of drug-likeness (QED) is 0.00988. The molecule has 1 aromatic carbocycles. The Bertz CT molecular complexity index is 2500. The number of Topliss-reactive ketones (excluding diaryl/α,β-unsaturated/α-hetero) is 2. The fourth-order valence-corrected chi connectivity index (χ4v) is 9.77. The number of carboxylic acid groups (broad SMARTS) is 5. The van der Waals surface area contributed by atoms with Crippen LogP contribution in [0.4, 0.5) is 11.4 Å². The van der Waals surface area contributed by atoms with Gasteiger partial charge in [0.2, 0.25) is 17.7 Å². The molecule has 1 aromatic rings. The number of hydrogen-bond donors (Lipinski definition) is 12. The highest BCUT2D eigenvalue weighted by molar-refractivity contribution is 5.97. The fraction of sp³-hybridized carbons (Fsp3) is 0.686. The van der Waals surface area contributed by atoms with Crippen LogP contribution in [0.3, 0.4) is 0 Å².